The summed E-state index contributed by atoms with van der Waals surface area (Å²) in [6.45, 7) is 7.58. The number of nitrogens with zero attached hydrogens (tertiary/aromatic N) is 1. The molecule has 0 heterocycles. The highest BCUT2D eigenvalue weighted by molar-refractivity contribution is 5.99. The van der Waals surface area contributed by atoms with E-state index in [1.54, 1.807) is 0 Å². The number of nitrogens with two attached hydrogens (primary N) is 1. The van der Waals surface area contributed by atoms with Crippen LogP contribution in [0, 0.1) is 10.1 Å². The minimum Gasteiger partial charge on any atom is -0.452 e. The van der Waals surface area contributed by atoms with Gasteiger partial charge in [-0.05, 0) is 29.0 Å². The second-order valence-electron chi connectivity index (χ2n) is 7.27. The summed E-state index contributed by atoms with van der Waals surface area (Å²) in [6, 6.07) is 9.31. The quantitative estimate of drug-likeness (QED) is 0.311. The molecule has 2 aromatic rings. The first-order valence-electron chi connectivity index (χ1n) is 9.25. The van der Waals surface area contributed by atoms with Crippen LogP contribution in [0.3, 0.4) is 0 Å². The lowest BCUT2D eigenvalue weighted by Crippen LogP contribution is -2.23. The molecule has 2 aromatic carbocycles. The van der Waals surface area contributed by atoms with Gasteiger partial charge in [0.2, 0.25) is 0 Å². The molecule has 0 radical (unpaired) electrons. The number of rotatable bonds is 7. The number of hydrogen-bond donors (Lipinski definition) is 2. The number of hydrogen-bond acceptors (Lipinski definition) is 6. The minimum atomic E-state index is -0.900. The van der Waals surface area contributed by atoms with E-state index in [1.165, 1.54) is 12.1 Å². The molecule has 1 amide bonds. The number of nitro benzene ring substituents is 1. The van der Waals surface area contributed by atoms with Crippen molar-refractivity contribution in [3.63, 3.8) is 0 Å². The lowest BCUT2D eigenvalue weighted by molar-refractivity contribution is -0.384. The maximum Gasteiger partial charge on any atom is 0.341 e. The highest BCUT2D eigenvalue weighted by Crippen LogP contribution is 2.32. The van der Waals surface area contributed by atoms with Crippen molar-refractivity contribution in [2.75, 3.05) is 17.7 Å². The molecule has 0 unspecified atom stereocenters. The van der Waals surface area contributed by atoms with Gasteiger partial charge in [-0.3, -0.25) is 14.9 Å². The van der Waals surface area contributed by atoms with Crippen LogP contribution in [0.5, 0.6) is 0 Å². The number of nitro groups is 1. The minimum absolute atomic E-state index is 0.0354. The van der Waals surface area contributed by atoms with Gasteiger partial charge >= 0.3 is 5.97 Å². The number of non-ortho nitro benzene ring substituents is 1. The third-order valence-electron chi connectivity index (χ3n) is 4.44. The van der Waals surface area contributed by atoms with E-state index in [4.69, 9.17) is 10.5 Å². The molecule has 0 bridgehead atoms. The summed E-state index contributed by atoms with van der Waals surface area (Å²) in [7, 11) is 0. The molecule has 8 nitrogen and oxygen atoms in total. The number of ether oxygens (including phenoxy) is 1. The van der Waals surface area contributed by atoms with Crippen molar-refractivity contribution in [2.24, 2.45) is 0 Å². The molecule has 0 atom stereocenters. The van der Waals surface area contributed by atoms with Crippen LogP contribution in [0.15, 0.2) is 36.4 Å². The highest BCUT2D eigenvalue weighted by Gasteiger charge is 2.19. The van der Waals surface area contributed by atoms with Crippen molar-refractivity contribution in [3.05, 3.63) is 63.2 Å². The summed E-state index contributed by atoms with van der Waals surface area (Å²) in [4.78, 5) is 34.9. The first-order valence-corrected chi connectivity index (χ1v) is 9.25. The van der Waals surface area contributed by atoms with Crippen molar-refractivity contribution >= 4 is 28.9 Å². The molecule has 0 spiro atoms. The van der Waals surface area contributed by atoms with Gasteiger partial charge in [-0.2, -0.15) is 0 Å². The molecule has 0 aliphatic carbocycles. The van der Waals surface area contributed by atoms with Gasteiger partial charge in [-0.1, -0.05) is 45.9 Å². The van der Waals surface area contributed by atoms with Gasteiger partial charge in [-0.15, -0.1) is 0 Å². The Hall–Kier alpha value is -3.42. The second kappa shape index (κ2) is 9.18. The topological polar surface area (TPSA) is 125 Å². The molecule has 0 aliphatic rings. The number of nitrogen functional groups attached to an aromatic ring is 1. The van der Waals surface area contributed by atoms with Gasteiger partial charge < -0.3 is 15.8 Å². The summed E-state index contributed by atoms with van der Waals surface area (Å²) in [5.74, 6) is -1.02. The summed E-state index contributed by atoms with van der Waals surface area (Å²) in [6.07, 6.45) is 0. The van der Waals surface area contributed by atoms with E-state index < -0.39 is 23.4 Å². The van der Waals surface area contributed by atoms with Crippen molar-refractivity contribution in [2.45, 2.75) is 39.5 Å². The Kier molecular flexibility index (Phi) is 6.93. The van der Waals surface area contributed by atoms with Crippen LogP contribution < -0.4 is 11.1 Å². The third-order valence-corrected chi connectivity index (χ3v) is 4.44. The molecule has 0 aromatic heterocycles. The maximum absolute atomic E-state index is 12.4. The number of para-hydroxylation sites is 1. The number of carbonyl (C=O) groups is 2. The SMILES string of the molecule is CC(C)c1cccc(C(C)C)c1NC(=O)COC(=O)c1cc([N+](=O)[O-])ccc1N. The van der Waals surface area contributed by atoms with Crippen molar-refractivity contribution in [1.29, 1.82) is 0 Å². The van der Waals surface area contributed by atoms with E-state index >= 15 is 0 Å². The number of amides is 1. The van der Waals surface area contributed by atoms with Gasteiger partial charge in [0, 0.05) is 23.5 Å². The first kappa shape index (κ1) is 21.9. The standard InChI is InChI=1S/C21H25N3O5/c1-12(2)15-6-5-7-16(13(3)4)20(15)23-19(25)11-29-21(26)17-10-14(24(27)28)8-9-18(17)22/h5-10,12-13H,11,22H2,1-4H3,(H,23,25). The van der Waals surface area contributed by atoms with E-state index in [2.05, 4.69) is 5.32 Å². The van der Waals surface area contributed by atoms with Crippen molar-refractivity contribution < 1.29 is 19.2 Å². The fraction of sp³-hybridized carbons (Fsp3) is 0.333. The fourth-order valence-electron chi connectivity index (χ4n) is 2.91. The molecular weight excluding hydrogens is 374 g/mol. The molecule has 8 heteroatoms. The van der Waals surface area contributed by atoms with Crippen molar-refractivity contribution in [3.8, 4) is 0 Å². The molecular formula is C21H25N3O5. The number of nitrogens with one attached hydrogen (secondary N) is 1. The zero-order valence-electron chi connectivity index (χ0n) is 16.9. The zero-order chi connectivity index (χ0) is 21.7. The fourth-order valence-corrected chi connectivity index (χ4v) is 2.91. The highest BCUT2D eigenvalue weighted by atomic mass is 16.6. The smallest absolute Gasteiger partial charge is 0.341 e. The van der Waals surface area contributed by atoms with E-state index in [-0.39, 0.29) is 28.8 Å². The molecule has 0 saturated heterocycles. The molecule has 2 rings (SSSR count). The van der Waals surface area contributed by atoms with Crippen LogP contribution >= 0.6 is 0 Å². The van der Waals surface area contributed by atoms with Crippen molar-refractivity contribution in [1.82, 2.24) is 0 Å². The zero-order valence-corrected chi connectivity index (χ0v) is 16.9. The summed E-state index contributed by atoms with van der Waals surface area (Å²) in [5.41, 5.74) is 7.98. The van der Waals surface area contributed by atoms with Gasteiger partial charge in [-0.25, -0.2) is 4.79 Å². The lowest BCUT2D eigenvalue weighted by Gasteiger charge is -2.20. The molecule has 29 heavy (non-hydrogen) atoms. The van der Waals surface area contributed by atoms with Gasteiger partial charge in [0.1, 0.15) is 0 Å². The van der Waals surface area contributed by atoms with E-state index in [0.717, 1.165) is 17.2 Å². The Balaban J connectivity index is 2.14. The number of carbonyl (C=O) groups excluding carboxylic acids is 2. The first-order chi connectivity index (χ1) is 13.6. The Labute approximate surface area is 169 Å². The predicted octanol–water partition coefficient (Wildman–Crippen LogP) is 4.22. The molecule has 3 N–H and O–H groups in total. The van der Waals surface area contributed by atoms with Crippen LogP contribution in [0.4, 0.5) is 17.1 Å². The third kappa shape index (κ3) is 5.31. The predicted molar refractivity (Wildman–Crippen MR) is 111 cm³/mol. The van der Waals surface area contributed by atoms with E-state index in [1.807, 2.05) is 45.9 Å². The Morgan fingerprint density at radius 2 is 1.69 bits per heavy atom. The number of anilines is 2. The molecule has 0 fully saturated rings. The Bertz CT molecular complexity index is 912. The maximum atomic E-state index is 12.4. The average Bonchev–Trinajstić information content (AvgIpc) is 2.66. The molecule has 154 valence electrons. The Morgan fingerprint density at radius 3 is 2.21 bits per heavy atom. The van der Waals surface area contributed by atoms with Crippen LogP contribution in [0.2, 0.25) is 0 Å². The average molecular weight is 399 g/mol. The van der Waals surface area contributed by atoms with E-state index in [0.29, 0.717) is 5.69 Å². The summed E-state index contributed by atoms with van der Waals surface area (Å²) >= 11 is 0. The lowest BCUT2D eigenvalue weighted by atomic mass is 9.92. The normalized spacial score (nSPS) is 10.8. The monoisotopic (exact) mass is 399 g/mol. The van der Waals surface area contributed by atoms with Crippen LogP contribution in [-0.4, -0.2) is 23.4 Å². The number of esters is 1. The summed E-state index contributed by atoms with van der Waals surface area (Å²) < 4.78 is 5.02. The van der Waals surface area contributed by atoms with Crippen LogP contribution in [0.1, 0.15) is 61.0 Å². The second-order valence-corrected chi connectivity index (χ2v) is 7.27. The van der Waals surface area contributed by atoms with E-state index in [9.17, 15) is 19.7 Å². The van der Waals surface area contributed by atoms with Gasteiger partial charge in [0.15, 0.2) is 6.61 Å². The van der Waals surface area contributed by atoms with Crippen LogP contribution in [0.25, 0.3) is 0 Å². The Morgan fingerprint density at radius 1 is 1.10 bits per heavy atom. The van der Waals surface area contributed by atoms with Gasteiger partial charge in [0.05, 0.1) is 10.5 Å². The molecule has 0 aliphatic heterocycles. The van der Waals surface area contributed by atoms with Gasteiger partial charge in [0.25, 0.3) is 11.6 Å². The number of benzene rings is 2. The molecule has 0 saturated carbocycles. The van der Waals surface area contributed by atoms with Crippen LogP contribution in [-0.2, 0) is 9.53 Å². The summed E-state index contributed by atoms with van der Waals surface area (Å²) in [5, 5.41) is 13.7. The largest absolute Gasteiger partial charge is 0.452 e.